The molecule has 0 atom stereocenters. The third kappa shape index (κ3) is 4.74. The smallest absolute Gasteiger partial charge is 0.343 e. The normalized spacial score (nSPS) is 10.7. The van der Waals surface area contributed by atoms with Crippen molar-refractivity contribution >= 4 is 29.1 Å². The van der Waals surface area contributed by atoms with Crippen molar-refractivity contribution in [2.45, 2.75) is 6.92 Å². The Kier molecular flexibility index (Phi) is 6.15. The van der Waals surface area contributed by atoms with Crippen molar-refractivity contribution in [1.29, 1.82) is 0 Å². The van der Waals surface area contributed by atoms with Gasteiger partial charge in [0.25, 0.3) is 0 Å². The third-order valence-electron chi connectivity index (χ3n) is 4.56. The van der Waals surface area contributed by atoms with E-state index in [4.69, 9.17) is 9.47 Å². The second-order valence-corrected chi connectivity index (χ2v) is 6.96. The first kappa shape index (κ1) is 21.7. The second kappa shape index (κ2) is 9.34. The molecule has 0 saturated heterocycles. The fraction of sp³-hybridized carbons (Fsp3) is 0.238. The highest BCUT2D eigenvalue weighted by Crippen LogP contribution is 2.36. The van der Waals surface area contributed by atoms with Crippen LogP contribution in [0.4, 0.5) is 23.1 Å². The van der Waals surface area contributed by atoms with Gasteiger partial charge in [-0.25, -0.2) is 14.8 Å². The van der Waals surface area contributed by atoms with Crippen LogP contribution in [0, 0.1) is 0 Å². The molecule has 1 aromatic carbocycles. The maximum absolute atomic E-state index is 12.5. The van der Waals surface area contributed by atoms with Gasteiger partial charge < -0.3 is 20.1 Å². The van der Waals surface area contributed by atoms with Crippen LogP contribution in [0.1, 0.15) is 17.3 Å². The van der Waals surface area contributed by atoms with Gasteiger partial charge in [0, 0.05) is 26.5 Å². The monoisotopic (exact) mass is 449 g/mol. The van der Waals surface area contributed by atoms with Crippen molar-refractivity contribution < 1.29 is 14.3 Å². The highest BCUT2D eigenvalue weighted by Gasteiger charge is 2.20. The summed E-state index contributed by atoms with van der Waals surface area (Å²) in [7, 11) is 5.14. The standard InChI is InChI=1S/C21H23N9O3/c1-5-33-20(31)15-10-22-21(25-13-9-24-29(2)11-13)27-19(15)26-16-8-6-7-14(17(16)32-4)18-23-12-30(3)28-18/h6-12H,5H2,1-4H3,(H2,22,25,26,27). The van der Waals surface area contributed by atoms with Crippen LogP contribution < -0.4 is 15.4 Å². The number of nitrogens with one attached hydrogen (secondary N) is 2. The number of carbonyl (C=O) groups is 1. The van der Waals surface area contributed by atoms with E-state index in [0.717, 1.165) is 0 Å². The predicted octanol–water partition coefficient (Wildman–Crippen LogP) is 2.68. The Morgan fingerprint density at radius 3 is 2.64 bits per heavy atom. The van der Waals surface area contributed by atoms with Crippen molar-refractivity contribution in [3.05, 3.63) is 48.7 Å². The molecule has 0 spiro atoms. The zero-order chi connectivity index (χ0) is 23.4. The summed E-state index contributed by atoms with van der Waals surface area (Å²) in [6.07, 6.45) is 6.43. The van der Waals surface area contributed by atoms with Crippen molar-refractivity contribution in [2.75, 3.05) is 24.4 Å². The molecule has 2 N–H and O–H groups in total. The summed E-state index contributed by atoms with van der Waals surface area (Å²) >= 11 is 0. The van der Waals surface area contributed by atoms with Crippen LogP contribution in [0.15, 0.2) is 43.1 Å². The van der Waals surface area contributed by atoms with Gasteiger partial charge in [-0.15, -0.1) is 0 Å². The van der Waals surface area contributed by atoms with Crippen molar-refractivity contribution in [2.24, 2.45) is 14.1 Å². The van der Waals surface area contributed by atoms with E-state index in [0.29, 0.717) is 28.5 Å². The Hall–Kier alpha value is -4.48. The number of aryl methyl sites for hydroxylation is 2. The molecule has 3 aromatic heterocycles. The third-order valence-corrected chi connectivity index (χ3v) is 4.56. The van der Waals surface area contributed by atoms with Crippen LogP contribution in [-0.2, 0) is 18.8 Å². The zero-order valence-electron chi connectivity index (χ0n) is 18.6. The number of hydrogen-bond acceptors (Lipinski definition) is 10. The number of methoxy groups -OCH3 is 1. The molecule has 4 aromatic rings. The topological polar surface area (TPSA) is 134 Å². The highest BCUT2D eigenvalue weighted by atomic mass is 16.5. The number of ether oxygens (including phenoxy) is 2. The Morgan fingerprint density at radius 2 is 1.97 bits per heavy atom. The fourth-order valence-corrected chi connectivity index (χ4v) is 3.13. The first-order valence-electron chi connectivity index (χ1n) is 10.1. The quantitative estimate of drug-likeness (QED) is 0.387. The number of esters is 1. The molecule has 0 aliphatic carbocycles. The molecule has 0 saturated carbocycles. The van der Waals surface area contributed by atoms with Gasteiger partial charge in [0.15, 0.2) is 17.4 Å². The van der Waals surface area contributed by atoms with Crippen molar-refractivity contribution in [1.82, 2.24) is 34.5 Å². The number of anilines is 4. The minimum absolute atomic E-state index is 0.178. The molecule has 0 aliphatic rings. The average molecular weight is 449 g/mol. The molecule has 4 rings (SSSR count). The van der Waals surface area contributed by atoms with Crippen LogP contribution in [-0.4, -0.2) is 54.2 Å². The Balaban J connectivity index is 1.73. The van der Waals surface area contributed by atoms with Gasteiger partial charge in [-0.3, -0.25) is 9.36 Å². The molecule has 0 radical (unpaired) electrons. The molecule has 0 amide bonds. The number of carbonyl (C=O) groups excluding carboxylic acids is 1. The lowest BCUT2D eigenvalue weighted by Gasteiger charge is -2.16. The zero-order valence-corrected chi connectivity index (χ0v) is 18.6. The van der Waals surface area contributed by atoms with E-state index >= 15 is 0 Å². The SMILES string of the molecule is CCOC(=O)c1cnc(Nc2cnn(C)c2)nc1Nc1cccc(-c2ncn(C)n2)c1OC. The molecular formula is C21H23N9O3. The number of rotatable bonds is 8. The van der Waals surface area contributed by atoms with Gasteiger partial charge in [-0.1, -0.05) is 6.07 Å². The molecule has 3 heterocycles. The van der Waals surface area contributed by atoms with Crippen LogP contribution in [0.2, 0.25) is 0 Å². The van der Waals surface area contributed by atoms with E-state index in [-0.39, 0.29) is 23.9 Å². The second-order valence-electron chi connectivity index (χ2n) is 6.96. The van der Waals surface area contributed by atoms with E-state index in [2.05, 4.69) is 35.8 Å². The summed E-state index contributed by atoms with van der Waals surface area (Å²) in [4.78, 5) is 25.6. The molecule has 12 nitrogen and oxygen atoms in total. The summed E-state index contributed by atoms with van der Waals surface area (Å²) in [6, 6.07) is 5.48. The Morgan fingerprint density at radius 1 is 1.12 bits per heavy atom. The maximum atomic E-state index is 12.5. The summed E-state index contributed by atoms with van der Waals surface area (Å²) in [5.74, 6) is 0.984. The Labute approximate surface area is 189 Å². The summed E-state index contributed by atoms with van der Waals surface area (Å²) in [5, 5.41) is 14.7. The molecule has 170 valence electrons. The van der Waals surface area contributed by atoms with E-state index in [1.807, 2.05) is 12.1 Å². The minimum atomic E-state index is -0.547. The van der Waals surface area contributed by atoms with Crippen LogP contribution >= 0.6 is 0 Å². The van der Waals surface area contributed by atoms with E-state index in [1.54, 1.807) is 62.3 Å². The molecule has 12 heteroatoms. The lowest BCUT2D eigenvalue weighted by molar-refractivity contribution is 0.0526. The number of para-hydroxylation sites is 1. The van der Waals surface area contributed by atoms with Crippen molar-refractivity contribution in [3.8, 4) is 17.1 Å². The molecule has 0 bridgehead atoms. The van der Waals surface area contributed by atoms with Gasteiger partial charge in [0.05, 0.1) is 36.9 Å². The summed E-state index contributed by atoms with van der Waals surface area (Å²) in [6.45, 7) is 1.95. The molecular weight excluding hydrogens is 426 g/mol. The number of nitrogens with zero attached hydrogens (tertiary/aromatic N) is 7. The minimum Gasteiger partial charge on any atom is -0.494 e. The Bertz CT molecular complexity index is 1280. The largest absolute Gasteiger partial charge is 0.494 e. The van der Waals surface area contributed by atoms with Gasteiger partial charge in [-0.2, -0.15) is 15.2 Å². The van der Waals surface area contributed by atoms with Crippen LogP contribution in [0.5, 0.6) is 5.75 Å². The molecule has 0 aliphatic heterocycles. The molecule has 0 fully saturated rings. The number of hydrogen-bond donors (Lipinski definition) is 2. The number of aromatic nitrogens is 7. The predicted molar refractivity (Wildman–Crippen MR) is 121 cm³/mol. The summed E-state index contributed by atoms with van der Waals surface area (Å²) in [5.41, 5.74) is 2.13. The lowest BCUT2D eigenvalue weighted by Crippen LogP contribution is -2.12. The first-order valence-corrected chi connectivity index (χ1v) is 10.1. The first-order chi connectivity index (χ1) is 16.0. The summed E-state index contributed by atoms with van der Waals surface area (Å²) < 4.78 is 14.1. The van der Waals surface area contributed by atoms with E-state index in [1.165, 1.54) is 6.20 Å². The van der Waals surface area contributed by atoms with Crippen LogP contribution in [0.3, 0.4) is 0 Å². The lowest BCUT2D eigenvalue weighted by atomic mass is 10.1. The fourth-order valence-electron chi connectivity index (χ4n) is 3.13. The van der Waals surface area contributed by atoms with E-state index in [9.17, 15) is 4.79 Å². The molecule has 0 unspecified atom stereocenters. The van der Waals surface area contributed by atoms with Gasteiger partial charge in [-0.05, 0) is 19.1 Å². The van der Waals surface area contributed by atoms with E-state index < -0.39 is 5.97 Å². The van der Waals surface area contributed by atoms with Gasteiger partial charge in [0.2, 0.25) is 5.95 Å². The number of benzene rings is 1. The van der Waals surface area contributed by atoms with Crippen molar-refractivity contribution in [3.63, 3.8) is 0 Å². The average Bonchev–Trinajstić information content (AvgIpc) is 3.41. The maximum Gasteiger partial charge on any atom is 0.343 e. The van der Waals surface area contributed by atoms with Crippen LogP contribution in [0.25, 0.3) is 11.4 Å². The highest BCUT2D eigenvalue weighted by molar-refractivity contribution is 5.96. The van der Waals surface area contributed by atoms with Gasteiger partial charge >= 0.3 is 5.97 Å². The van der Waals surface area contributed by atoms with Gasteiger partial charge in [0.1, 0.15) is 11.9 Å². The molecule has 33 heavy (non-hydrogen) atoms.